The van der Waals surface area contributed by atoms with E-state index in [1.807, 2.05) is 0 Å². The minimum atomic E-state index is -0.415. The highest BCUT2D eigenvalue weighted by Gasteiger charge is 1.93. The second-order valence-electron chi connectivity index (χ2n) is 2.15. The van der Waals surface area contributed by atoms with Crippen LogP contribution in [0.4, 0.5) is 0 Å². The zero-order chi connectivity index (χ0) is 7.11. The summed E-state index contributed by atoms with van der Waals surface area (Å²) in [5.74, 6) is 0.594. The molecule has 4 heteroatoms. The van der Waals surface area contributed by atoms with Crippen LogP contribution in [0, 0.1) is 5.92 Å². The summed E-state index contributed by atoms with van der Waals surface area (Å²) in [4.78, 5) is 4.47. The van der Waals surface area contributed by atoms with Crippen LogP contribution in [0.2, 0.25) is 0 Å². The minimum absolute atomic E-state index is 0.415. The van der Waals surface area contributed by atoms with Crippen molar-refractivity contribution in [2.75, 3.05) is 6.61 Å². The summed E-state index contributed by atoms with van der Waals surface area (Å²) < 4.78 is 13.7. The fraction of sp³-hybridized carbons (Fsp3) is 1.00. The van der Waals surface area contributed by atoms with Crippen LogP contribution in [0.1, 0.15) is 20.3 Å². The molecule has 0 rings (SSSR count). The highest BCUT2D eigenvalue weighted by Crippen LogP contribution is 2.01. The molecular weight excluding hydrogens is 139 g/mol. The summed E-state index contributed by atoms with van der Waals surface area (Å²) in [6.07, 6.45) is 0.926. The van der Waals surface area contributed by atoms with Crippen LogP contribution in [-0.2, 0) is 14.1 Å². The Balaban J connectivity index is 2.82. The van der Waals surface area contributed by atoms with Crippen molar-refractivity contribution in [2.45, 2.75) is 20.3 Å². The van der Waals surface area contributed by atoms with E-state index in [0.717, 1.165) is 6.42 Å². The molecule has 54 valence electrons. The minimum Gasteiger partial charge on any atom is -0.238 e. The molecule has 0 bridgehead atoms. The maximum atomic E-state index is 9.60. The van der Waals surface area contributed by atoms with Crippen molar-refractivity contribution in [1.82, 2.24) is 0 Å². The van der Waals surface area contributed by atoms with Gasteiger partial charge in [-0.15, -0.1) is 4.67 Å². The fourth-order valence-electron chi connectivity index (χ4n) is 0.343. The zero-order valence-electron chi connectivity index (χ0n) is 5.66. The van der Waals surface area contributed by atoms with Crippen LogP contribution >= 0.6 is 8.69 Å². The van der Waals surface area contributed by atoms with E-state index < -0.39 is 8.69 Å². The third kappa shape index (κ3) is 8.02. The van der Waals surface area contributed by atoms with E-state index in [9.17, 15) is 4.57 Å². The van der Waals surface area contributed by atoms with Crippen LogP contribution < -0.4 is 0 Å². The SMILES string of the molecule is CC(C)CCOOP=O. The van der Waals surface area contributed by atoms with Gasteiger partial charge in [-0.25, -0.2) is 9.45 Å². The molecule has 0 aromatic heterocycles. The normalized spacial score (nSPS) is 11.0. The average Bonchev–Trinajstić information content (AvgIpc) is 1.80. The van der Waals surface area contributed by atoms with Crippen molar-refractivity contribution in [2.24, 2.45) is 5.92 Å². The molecule has 0 N–H and O–H groups in total. The summed E-state index contributed by atoms with van der Waals surface area (Å²) >= 11 is 0. The van der Waals surface area contributed by atoms with Crippen molar-refractivity contribution in [3.8, 4) is 0 Å². The van der Waals surface area contributed by atoms with E-state index >= 15 is 0 Å². The van der Waals surface area contributed by atoms with Crippen LogP contribution in [0.5, 0.6) is 0 Å². The molecule has 0 aliphatic rings. The standard InChI is InChI=1S/C5H11O3P/c1-5(2)3-4-7-8-9-6/h5H,3-4H2,1-2H3. The molecule has 0 saturated heterocycles. The summed E-state index contributed by atoms with van der Waals surface area (Å²) in [7, 11) is -0.415. The Kier molecular flexibility index (Phi) is 6.16. The molecule has 0 aliphatic carbocycles. The Bertz CT molecular complexity index is 74.6. The quantitative estimate of drug-likeness (QED) is 0.261. The molecule has 0 aromatic carbocycles. The van der Waals surface area contributed by atoms with Gasteiger partial charge in [0.25, 0.3) is 0 Å². The molecule has 0 fully saturated rings. The second kappa shape index (κ2) is 6.14. The topological polar surface area (TPSA) is 35.5 Å². The summed E-state index contributed by atoms with van der Waals surface area (Å²) in [6.45, 7) is 4.67. The van der Waals surface area contributed by atoms with Crippen molar-refractivity contribution < 1.29 is 14.1 Å². The molecule has 0 aromatic rings. The Morgan fingerprint density at radius 2 is 2.22 bits per heavy atom. The molecule has 0 spiro atoms. The molecule has 0 unspecified atom stereocenters. The van der Waals surface area contributed by atoms with Gasteiger partial charge >= 0.3 is 8.69 Å². The first-order valence-electron chi connectivity index (χ1n) is 2.88. The van der Waals surface area contributed by atoms with E-state index in [2.05, 4.69) is 23.4 Å². The van der Waals surface area contributed by atoms with Gasteiger partial charge in [0.15, 0.2) is 0 Å². The molecule has 0 aliphatic heterocycles. The van der Waals surface area contributed by atoms with Gasteiger partial charge in [0.1, 0.15) is 0 Å². The van der Waals surface area contributed by atoms with Crippen molar-refractivity contribution in [3.63, 3.8) is 0 Å². The molecule has 0 heterocycles. The van der Waals surface area contributed by atoms with Crippen molar-refractivity contribution in [1.29, 1.82) is 0 Å². The Labute approximate surface area is 56.6 Å². The van der Waals surface area contributed by atoms with Crippen LogP contribution in [0.15, 0.2) is 0 Å². The van der Waals surface area contributed by atoms with Crippen LogP contribution in [0.25, 0.3) is 0 Å². The summed E-state index contributed by atoms with van der Waals surface area (Å²) in [6, 6.07) is 0. The number of rotatable bonds is 5. The van der Waals surface area contributed by atoms with Gasteiger partial charge in [0.2, 0.25) is 0 Å². The first-order chi connectivity index (χ1) is 4.27. The molecule has 0 radical (unpaired) electrons. The van der Waals surface area contributed by atoms with E-state index in [0.29, 0.717) is 12.5 Å². The smallest absolute Gasteiger partial charge is 0.238 e. The van der Waals surface area contributed by atoms with Crippen LogP contribution in [-0.4, -0.2) is 6.61 Å². The predicted molar refractivity (Wildman–Crippen MR) is 34.1 cm³/mol. The predicted octanol–water partition coefficient (Wildman–Crippen LogP) is 2.19. The number of hydrogen-bond donors (Lipinski definition) is 0. The maximum Gasteiger partial charge on any atom is 0.358 e. The summed E-state index contributed by atoms with van der Waals surface area (Å²) in [5, 5.41) is 0. The van der Waals surface area contributed by atoms with E-state index in [1.165, 1.54) is 0 Å². The van der Waals surface area contributed by atoms with Gasteiger partial charge in [-0.3, -0.25) is 0 Å². The lowest BCUT2D eigenvalue weighted by Gasteiger charge is -2.00. The van der Waals surface area contributed by atoms with E-state index in [-0.39, 0.29) is 0 Å². The molecule has 0 amide bonds. The molecule has 9 heavy (non-hydrogen) atoms. The lowest BCUT2D eigenvalue weighted by molar-refractivity contribution is -0.199. The molecule has 0 atom stereocenters. The zero-order valence-corrected chi connectivity index (χ0v) is 6.56. The highest BCUT2D eigenvalue weighted by atomic mass is 31.1. The lowest BCUT2D eigenvalue weighted by Crippen LogP contribution is -1.95. The van der Waals surface area contributed by atoms with Crippen LogP contribution in [0.3, 0.4) is 0 Å². The number of hydrogen-bond acceptors (Lipinski definition) is 3. The van der Waals surface area contributed by atoms with Gasteiger partial charge < -0.3 is 0 Å². The Morgan fingerprint density at radius 3 is 2.67 bits per heavy atom. The van der Waals surface area contributed by atoms with Crippen molar-refractivity contribution >= 4 is 8.69 Å². The summed E-state index contributed by atoms with van der Waals surface area (Å²) in [5.41, 5.74) is 0. The lowest BCUT2D eigenvalue weighted by atomic mass is 10.1. The Hall–Kier alpha value is 0.0200. The van der Waals surface area contributed by atoms with Gasteiger partial charge in [0, 0.05) is 0 Å². The first kappa shape index (κ1) is 9.02. The van der Waals surface area contributed by atoms with E-state index in [4.69, 9.17) is 0 Å². The molecule has 3 nitrogen and oxygen atoms in total. The maximum absolute atomic E-state index is 9.60. The molecule has 0 saturated carbocycles. The molecular formula is C5H11O3P. The largest absolute Gasteiger partial charge is 0.358 e. The van der Waals surface area contributed by atoms with E-state index in [1.54, 1.807) is 0 Å². The second-order valence-corrected chi connectivity index (χ2v) is 2.45. The Morgan fingerprint density at radius 1 is 1.56 bits per heavy atom. The fourth-order valence-corrected chi connectivity index (χ4v) is 0.460. The monoisotopic (exact) mass is 150 g/mol. The van der Waals surface area contributed by atoms with Gasteiger partial charge in [-0.05, 0) is 12.3 Å². The van der Waals surface area contributed by atoms with Gasteiger partial charge in [0.05, 0.1) is 6.61 Å². The van der Waals surface area contributed by atoms with Gasteiger partial charge in [-0.2, -0.15) is 0 Å². The third-order valence-electron chi connectivity index (χ3n) is 0.862. The average molecular weight is 150 g/mol. The van der Waals surface area contributed by atoms with Gasteiger partial charge in [-0.1, -0.05) is 13.8 Å². The third-order valence-corrected chi connectivity index (χ3v) is 1.03. The highest BCUT2D eigenvalue weighted by molar-refractivity contribution is 7.17. The first-order valence-corrected chi connectivity index (χ1v) is 3.61. The van der Waals surface area contributed by atoms with Crippen molar-refractivity contribution in [3.05, 3.63) is 0 Å².